The van der Waals surface area contributed by atoms with Crippen molar-refractivity contribution in [2.45, 2.75) is 239 Å². The Kier molecular flexibility index (Phi) is 46.0. The highest BCUT2D eigenvalue weighted by Crippen LogP contribution is 2.14. The van der Waals surface area contributed by atoms with E-state index in [1.54, 1.807) is 0 Å². The Hall–Kier alpha value is -3.15. The molecule has 0 bridgehead atoms. The van der Waals surface area contributed by atoms with Crippen molar-refractivity contribution in [1.29, 1.82) is 0 Å². The minimum absolute atomic E-state index is 0.0952. The average molecular weight is 837 g/mol. The van der Waals surface area contributed by atoms with E-state index < -0.39 is 6.10 Å². The van der Waals surface area contributed by atoms with Gasteiger partial charge in [0.15, 0.2) is 6.10 Å². The minimum Gasteiger partial charge on any atom is -0.462 e. The molecule has 1 atom stereocenters. The topological polar surface area (TPSA) is 78.9 Å². The van der Waals surface area contributed by atoms with Crippen LogP contribution in [0.4, 0.5) is 0 Å². The van der Waals surface area contributed by atoms with Crippen LogP contribution in [0.5, 0.6) is 0 Å². The standard InChI is InChI=1S/C54H92O6/c1-4-7-10-13-16-19-21-23-25-26-27-28-29-31-32-35-38-41-44-47-53(56)59-50-51(49-58-52(55)46-43-40-37-34-18-15-12-9-6-3)60-54(57)48-45-42-39-36-33-30-24-22-20-17-14-11-8-5-2/h8,11,16-17,19-21,23-24,30,34,37,51H,4-7,9-10,12-15,18,22,25-29,31-33,35-36,38-50H2,1-3H3/b11-8-,19-16-,20-17-,23-21-,30-24-,37-34-. The summed E-state index contributed by atoms with van der Waals surface area (Å²) < 4.78 is 16.7. The molecule has 0 saturated heterocycles. The molecule has 0 spiro atoms. The zero-order chi connectivity index (χ0) is 43.7. The lowest BCUT2D eigenvalue weighted by Gasteiger charge is -2.18. The molecule has 0 aliphatic rings. The zero-order valence-corrected chi connectivity index (χ0v) is 39.2. The summed E-state index contributed by atoms with van der Waals surface area (Å²) in [7, 11) is 0. The van der Waals surface area contributed by atoms with Crippen LogP contribution in [0.2, 0.25) is 0 Å². The number of hydrogen-bond donors (Lipinski definition) is 0. The maximum Gasteiger partial charge on any atom is 0.306 e. The van der Waals surface area contributed by atoms with Crippen molar-refractivity contribution >= 4 is 17.9 Å². The van der Waals surface area contributed by atoms with Crippen LogP contribution in [0.15, 0.2) is 72.9 Å². The molecule has 0 aromatic heterocycles. The van der Waals surface area contributed by atoms with Gasteiger partial charge < -0.3 is 14.2 Å². The van der Waals surface area contributed by atoms with Crippen LogP contribution in [-0.2, 0) is 28.6 Å². The highest BCUT2D eigenvalue weighted by molar-refractivity contribution is 5.71. The van der Waals surface area contributed by atoms with Gasteiger partial charge in [0.2, 0.25) is 0 Å². The summed E-state index contributed by atoms with van der Waals surface area (Å²) in [5.41, 5.74) is 0. The van der Waals surface area contributed by atoms with Crippen molar-refractivity contribution in [3.63, 3.8) is 0 Å². The molecule has 0 heterocycles. The number of allylic oxidation sites excluding steroid dienone is 12. The first-order valence-corrected chi connectivity index (χ1v) is 25.0. The highest BCUT2D eigenvalue weighted by atomic mass is 16.6. The molecule has 1 unspecified atom stereocenters. The van der Waals surface area contributed by atoms with Gasteiger partial charge in [0.05, 0.1) is 0 Å². The second kappa shape index (κ2) is 48.5. The molecule has 0 aromatic rings. The van der Waals surface area contributed by atoms with Crippen LogP contribution in [0.1, 0.15) is 233 Å². The van der Waals surface area contributed by atoms with Gasteiger partial charge in [-0.1, -0.05) is 190 Å². The lowest BCUT2D eigenvalue weighted by atomic mass is 10.1. The zero-order valence-electron chi connectivity index (χ0n) is 39.2. The van der Waals surface area contributed by atoms with E-state index in [1.807, 2.05) is 0 Å². The third-order valence-electron chi connectivity index (χ3n) is 10.4. The number of rotatable bonds is 44. The van der Waals surface area contributed by atoms with Gasteiger partial charge in [-0.05, 0) is 96.3 Å². The normalized spacial score (nSPS) is 12.7. The first-order chi connectivity index (χ1) is 29.5. The fourth-order valence-electron chi connectivity index (χ4n) is 6.69. The number of hydrogen-bond acceptors (Lipinski definition) is 6. The Balaban J connectivity index is 4.35. The van der Waals surface area contributed by atoms with E-state index in [9.17, 15) is 14.4 Å². The van der Waals surface area contributed by atoms with Crippen molar-refractivity contribution < 1.29 is 28.6 Å². The van der Waals surface area contributed by atoms with Gasteiger partial charge in [0.25, 0.3) is 0 Å². The van der Waals surface area contributed by atoms with E-state index in [0.29, 0.717) is 25.7 Å². The van der Waals surface area contributed by atoms with E-state index in [2.05, 4.69) is 93.7 Å². The van der Waals surface area contributed by atoms with Gasteiger partial charge in [-0.3, -0.25) is 14.4 Å². The summed E-state index contributed by atoms with van der Waals surface area (Å²) in [5, 5.41) is 0. The Labute approximate surface area is 370 Å². The maximum absolute atomic E-state index is 12.7. The molecule has 0 amide bonds. The Morgan fingerprint density at radius 1 is 0.367 bits per heavy atom. The van der Waals surface area contributed by atoms with Gasteiger partial charge >= 0.3 is 17.9 Å². The van der Waals surface area contributed by atoms with E-state index in [4.69, 9.17) is 14.2 Å². The molecule has 0 fully saturated rings. The molecular weight excluding hydrogens is 745 g/mol. The second-order valence-electron chi connectivity index (χ2n) is 16.4. The Bertz CT molecular complexity index is 1140. The quantitative estimate of drug-likeness (QED) is 0.0200. The molecule has 0 radical (unpaired) electrons. The highest BCUT2D eigenvalue weighted by Gasteiger charge is 2.19. The lowest BCUT2D eigenvalue weighted by Crippen LogP contribution is -2.30. The summed E-state index contributed by atoms with van der Waals surface area (Å²) in [6, 6.07) is 0. The number of unbranched alkanes of at least 4 members (excludes halogenated alkanes) is 22. The first kappa shape index (κ1) is 56.9. The molecule has 0 N–H and O–H groups in total. The van der Waals surface area contributed by atoms with Crippen LogP contribution >= 0.6 is 0 Å². The molecule has 0 saturated carbocycles. The van der Waals surface area contributed by atoms with Crippen molar-refractivity contribution in [1.82, 2.24) is 0 Å². The van der Waals surface area contributed by atoms with Crippen LogP contribution in [0.25, 0.3) is 0 Å². The van der Waals surface area contributed by atoms with Gasteiger partial charge in [0.1, 0.15) is 13.2 Å². The molecule has 0 aliphatic heterocycles. The van der Waals surface area contributed by atoms with Crippen molar-refractivity contribution in [3.8, 4) is 0 Å². The van der Waals surface area contributed by atoms with Crippen LogP contribution in [0, 0.1) is 0 Å². The molecule has 0 aromatic carbocycles. The number of esters is 3. The van der Waals surface area contributed by atoms with E-state index in [0.717, 1.165) is 83.5 Å². The van der Waals surface area contributed by atoms with E-state index in [-0.39, 0.29) is 31.1 Å². The number of ether oxygens (including phenoxy) is 3. The molecule has 0 aliphatic carbocycles. The van der Waals surface area contributed by atoms with Gasteiger partial charge in [-0.2, -0.15) is 0 Å². The van der Waals surface area contributed by atoms with Gasteiger partial charge in [-0.15, -0.1) is 0 Å². The first-order valence-electron chi connectivity index (χ1n) is 25.0. The SMILES string of the molecule is CC/C=C\C/C=C\C/C=C\CCCCCCC(=O)OC(COC(=O)CCC/C=C\CCCCCC)COC(=O)CCCCCCCCCCCC/C=C\C=C/CCCCC. The van der Waals surface area contributed by atoms with Crippen molar-refractivity contribution in [3.05, 3.63) is 72.9 Å². The largest absolute Gasteiger partial charge is 0.462 e. The smallest absolute Gasteiger partial charge is 0.306 e. The molecule has 0 rings (SSSR count). The third-order valence-corrected chi connectivity index (χ3v) is 10.4. The molecular formula is C54H92O6. The molecule has 6 heteroatoms. The predicted octanol–water partition coefficient (Wildman–Crippen LogP) is 16.3. The molecule has 60 heavy (non-hydrogen) atoms. The van der Waals surface area contributed by atoms with E-state index >= 15 is 0 Å². The second-order valence-corrected chi connectivity index (χ2v) is 16.4. The third kappa shape index (κ3) is 45.9. The van der Waals surface area contributed by atoms with Gasteiger partial charge in [0, 0.05) is 19.3 Å². The summed E-state index contributed by atoms with van der Waals surface area (Å²) in [5.74, 6) is -0.960. The average Bonchev–Trinajstić information content (AvgIpc) is 3.24. The molecule has 6 nitrogen and oxygen atoms in total. The van der Waals surface area contributed by atoms with Crippen molar-refractivity contribution in [2.24, 2.45) is 0 Å². The Morgan fingerprint density at radius 2 is 0.717 bits per heavy atom. The minimum atomic E-state index is -0.797. The summed E-state index contributed by atoms with van der Waals surface area (Å²) >= 11 is 0. The van der Waals surface area contributed by atoms with Crippen LogP contribution in [0.3, 0.4) is 0 Å². The molecule has 344 valence electrons. The van der Waals surface area contributed by atoms with E-state index in [1.165, 1.54) is 103 Å². The Morgan fingerprint density at radius 3 is 1.23 bits per heavy atom. The maximum atomic E-state index is 12.7. The van der Waals surface area contributed by atoms with Crippen LogP contribution in [-0.4, -0.2) is 37.2 Å². The van der Waals surface area contributed by atoms with Crippen molar-refractivity contribution in [2.75, 3.05) is 13.2 Å². The fraction of sp³-hybridized carbons (Fsp3) is 0.722. The summed E-state index contributed by atoms with van der Waals surface area (Å²) in [4.78, 5) is 37.8. The number of carbonyl (C=O) groups is 3. The summed E-state index contributed by atoms with van der Waals surface area (Å²) in [6.45, 7) is 6.41. The number of carbonyl (C=O) groups excluding carboxylic acids is 3. The van der Waals surface area contributed by atoms with Gasteiger partial charge in [-0.25, -0.2) is 0 Å². The fourth-order valence-corrected chi connectivity index (χ4v) is 6.69. The van der Waals surface area contributed by atoms with Crippen LogP contribution < -0.4 is 0 Å². The monoisotopic (exact) mass is 837 g/mol. The lowest BCUT2D eigenvalue weighted by molar-refractivity contribution is -0.167. The summed E-state index contributed by atoms with van der Waals surface area (Å²) in [6.07, 6.45) is 60.4. The predicted molar refractivity (Wildman–Crippen MR) is 256 cm³/mol.